The molecule has 3 aromatic rings. The fourth-order valence-corrected chi connectivity index (χ4v) is 5.24. The van der Waals surface area contributed by atoms with Gasteiger partial charge in [0.1, 0.15) is 5.69 Å². The highest BCUT2D eigenvalue weighted by Crippen LogP contribution is 2.44. The molecule has 4 nitrogen and oxygen atoms in total. The van der Waals surface area contributed by atoms with Crippen molar-refractivity contribution in [2.75, 3.05) is 6.54 Å². The minimum atomic E-state index is 0.0657. The maximum absolute atomic E-state index is 13.4. The van der Waals surface area contributed by atoms with Gasteiger partial charge in [0.15, 0.2) is 5.65 Å². The van der Waals surface area contributed by atoms with E-state index in [0.29, 0.717) is 29.2 Å². The third kappa shape index (κ3) is 3.07. The molecule has 1 amide bonds. The molecule has 2 aromatic heterocycles. The number of likely N-dealkylation sites (tertiary alicyclic amines) is 1. The molecule has 4 heteroatoms. The van der Waals surface area contributed by atoms with E-state index in [-0.39, 0.29) is 5.91 Å². The highest BCUT2D eigenvalue weighted by molar-refractivity contribution is 5.94. The van der Waals surface area contributed by atoms with Gasteiger partial charge >= 0.3 is 0 Å². The number of fused-ring (bicyclic) bond motifs is 2. The Bertz CT molecular complexity index is 987. The Balaban J connectivity index is 1.44. The molecule has 3 heterocycles. The summed E-state index contributed by atoms with van der Waals surface area (Å²) in [6, 6.07) is 18.9. The van der Waals surface area contributed by atoms with Gasteiger partial charge in [-0.2, -0.15) is 0 Å². The lowest BCUT2D eigenvalue weighted by Gasteiger charge is -2.48. The zero-order chi connectivity index (χ0) is 18.9. The number of nitrogens with zero attached hydrogens (tertiary/aromatic N) is 3. The van der Waals surface area contributed by atoms with Gasteiger partial charge in [-0.1, -0.05) is 43.2 Å². The largest absolute Gasteiger partial charge is 0.334 e. The van der Waals surface area contributed by atoms with Gasteiger partial charge in [0.05, 0.1) is 0 Å². The number of benzene rings is 1. The number of piperidine rings is 1. The van der Waals surface area contributed by atoms with Gasteiger partial charge in [-0.3, -0.25) is 4.79 Å². The van der Waals surface area contributed by atoms with Crippen LogP contribution in [0, 0.1) is 5.92 Å². The fourth-order valence-electron chi connectivity index (χ4n) is 5.24. The Morgan fingerprint density at radius 3 is 2.68 bits per heavy atom. The van der Waals surface area contributed by atoms with Gasteiger partial charge in [-0.25, -0.2) is 9.97 Å². The first-order valence-electron chi connectivity index (χ1n) is 10.4. The summed E-state index contributed by atoms with van der Waals surface area (Å²) in [7, 11) is 0. The molecule has 1 saturated heterocycles. The summed E-state index contributed by atoms with van der Waals surface area (Å²) in [4.78, 5) is 24.4. The average Bonchev–Trinajstić information content (AvgIpc) is 2.78. The Hall–Kier alpha value is -2.75. The van der Waals surface area contributed by atoms with Gasteiger partial charge in [0.2, 0.25) is 0 Å². The van der Waals surface area contributed by atoms with Crippen LogP contribution < -0.4 is 0 Å². The number of rotatable bonds is 2. The van der Waals surface area contributed by atoms with E-state index in [1.807, 2.05) is 24.3 Å². The van der Waals surface area contributed by atoms with Crippen LogP contribution in [0.3, 0.4) is 0 Å². The van der Waals surface area contributed by atoms with Crippen molar-refractivity contribution in [1.82, 2.24) is 14.9 Å². The Morgan fingerprint density at radius 2 is 1.79 bits per heavy atom. The number of amides is 1. The molecule has 3 atom stereocenters. The zero-order valence-corrected chi connectivity index (χ0v) is 16.0. The highest BCUT2D eigenvalue weighted by atomic mass is 16.2. The summed E-state index contributed by atoms with van der Waals surface area (Å²) in [6.45, 7) is 0.807. The minimum absolute atomic E-state index is 0.0657. The van der Waals surface area contributed by atoms with Crippen LogP contribution in [0.1, 0.15) is 54.1 Å². The number of carbonyl (C=O) groups excluding carboxylic acids is 1. The number of pyridine rings is 2. The molecule has 1 aliphatic heterocycles. The maximum Gasteiger partial charge on any atom is 0.272 e. The molecule has 2 aliphatic rings. The number of hydrogen-bond donors (Lipinski definition) is 0. The maximum atomic E-state index is 13.4. The van der Waals surface area contributed by atoms with Crippen LogP contribution in [-0.2, 0) is 0 Å². The van der Waals surface area contributed by atoms with Crippen LogP contribution in [0.4, 0.5) is 0 Å². The monoisotopic (exact) mass is 371 g/mol. The fraction of sp³-hybridized carbons (Fsp3) is 0.375. The van der Waals surface area contributed by atoms with E-state index >= 15 is 0 Å². The van der Waals surface area contributed by atoms with Gasteiger partial charge in [-0.05, 0) is 60.9 Å². The SMILES string of the molecule is O=C(c1ccc2cccnc2n1)N1CC[C@H](c2ccccc2)C2CCCC[C@H]21. The summed E-state index contributed by atoms with van der Waals surface area (Å²) in [5, 5.41) is 0.970. The zero-order valence-electron chi connectivity index (χ0n) is 16.0. The van der Waals surface area contributed by atoms with Crippen LogP contribution in [-0.4, -0.2) is 33.4 Å². The highest BCUT2D eigenvalue weighted by Gasteiger charge is 2.42. The minimum Gasteiger partial charge on any atom is -0.334 e. The molecule has 0 radical (unpaired) electrons. The van der Waals surface area contributed by atoms with E-state index in [0.717, 1.165) is 24.8 Å². The lowest BCUT2D eigenvalue weighted by atomic mass is 9.69. The number of aromatic nitrogens is 2. The van der Waals surface area contributed by atoms with Crippen molar-refractivity contribution in [3.05, 3.63) is 72.1 Å². The molecular formula is C24H25N3O. The van der Waals surface area contributed by atoms with Crippen LogP contribution in [0.2, 0.25) is 0 Å². The smallest absolute Gasteiger partial charge is 0.272 e. The van der Waals surface area contributed by atoms with Gasteiger partial charge in [0.25, 0.3) is 5.91 Å². The number of carbonyl (C=O) groups is 1. The molecular weight excluding hydrogens is 346 g/mol. The van der Waals surface area contributed by atoms with Crippen molar-refractivity contribution < 1.29 is 4.79 Å². The Labute approximate surface area is 165 Å². The first-order valence-corrected chi connectivity index (χ1v) is 10.4. The molecule has 2 fully saturated rings. The summed E-state index contributed by atoms with van der Waals surface area (Å²) in [5.74, 6) is 1.17. The lowest BCUT2D eigenvalue weighted by molar-refractivity contribution is 0.0314. The molecule has 5 rings (SSSR count). The summed E-state index contributed by atoms with van der Waals surface area (Å²) >= 11 is 0. The van der Waals surface area contributed by atoms with Crippen molar-refractivity contribution in [3.63, 3.8) is 0 Å². The number of hydrogen-bond acceptors (Lipinski definition) is 3. The molecule has 0 N–H and O–H groups in total. The molecule has 28 heavy (non-hydrogen) atoms. The second-order valence-electron chi connectivity index (χ2n) is 8.07. The van der Waals surface area contributed by atoms with E-state index in [4.69, 9.17) is 0 Å². The topological polar surface area (TPSA) is 46.1 Å². The van der Waals surface area contributed by atoms with E-state index in [2.05, 4.69) is 45.2 Å². The Kier molecular flexibility index (Phi) is 4.55. The third-order valence-corrected chi connectivity index (χ3v) is 6.55. The van der Waals surface area contributed by atoms with E-state index in [1.165, 1.54) is 24.8 Å². The quantitative estimate of drug-likeness (QED) is 0.649. The second-order valence-corrected chi connectivity index (χ2v) is 8.07. The molecule has 1 aliphatic carbocycles. The molecule has 142 valence electrons. The predicted molar refractivity (Wildman–Crippen MR) is 110 cm³/mol. The standard InChI is InChI=1S/C24H25N3O/c28-24(21-13-12-18-9-6-15-25-23(18)26-21)27-16-14-19(17-7-2-1-3-8-17)20-10-4-5-11-22(20)27/h1-3,6-9,12-13,15,19-20,22H,4-5,10-11,14,16H2/t19-,20?,22-/m1/s1. The van der Waals surface area contributed by atoms with E-state index in [1.54, 1.807) is 6.20 Å². The van der Waals surface area contributed by atoms with Gasteiger partial charge in [0, 0.05) is 24.2 Å². The van der Waals surface area contributed by atoms with Crippen molar-refractivity contribution >= 4 is 16.9 Å². The molecule has 1 unspecified atom stereocenters. The van der Waals surface area contributed by atoms with Crippen LogP contribution in [0.5, 0.6) is 0 Å². The molecule has 0 spiro atoms. The van der Waals surface area contributed by atoms with E-state index < -0.39 is 0 Å². The summed E-state index contributed by atoms with van der Waals surface area (Å²) in [6.07, 6.45) is 7.55. The van der Waals surface area contributed by atoms with Crippen molar-refractivity contribution in [3.8, 4) is 0 Å². The first-order chi connectivity index (χ1) is 13.8. The normalized spacial score (nSPS) is 24.7. The first kappa shape index (κ1) is 17.4. The van der Waals surface area contributed by atoms with E-state index in [9.17, 15) is 4.79 Å². The van der Waals surface area contributed by atoms with Crippen molar-refractivity contribution in [2.45, 2.75) is 44.1 Å². The predicted octanol–water partition coefficient (Wildman–Crippen LogP) is 4.82. The molecule has 0 bridgehead atoms. The average molecular weight is 371 g/mol. The molecule has 1 saturated carbocycles. The van der Waals surface area contributed by atoms with Crippen LogP contribution in [0.15, 0.2) is 60.8 Å². The summed E-state index contributed by atoms with van der Waals surface area (Å²) in [5.41, 5.74) is 2.60. The van der Waals surface area contributed by atoms with Crippen molar-refractivity contribution in [2.24, 2.45) is 5.92 Å². The molecule has 1 aromatic carbocycles. The van der Waals surface area contributed by atoms with Gasteiger partial charge < -0.3 is 4.90 Å². The van der Waals surface area contributed by atoms with Crippen molar-refractivity contribution in [1.29, 1.82) is 0 Å². The summed E-state index contributed by atoms with van der Waals surface area (Å²) < 4.78 is 0. The second kappa shape index (κ2) is 7.34. The Morgan fingerprint density at radius 1 is 0.929 bits per heavy atom. The van der Waals surface area contributed by atoms with Gasteiger partial charge in [-0.15, -0.1) is 0 Å². The van der Waals surface area contributed by atoms with Crippen LogP contribution in [0.25, 0.3) is 11.0 Å². The third-order valence-electron chi connectivity index (χ3n) is 6.55. The lowest BCUT2D eigenvalue weighted by Crippen LogP contribution is -2.52. The van der Waals surface area contributed by atoms with Crippen LogP contribution >= 0.6 is 0 Å².